The second-order valence-electron chi connectivity index (χ2n) is 3.51. The molecule has 0 bridgehead atoms. The van der Waals surface area contributed by atoms with Gasteiger partial charge in [-0.25, -0.2) is 0 Å². The Morgan fingerprint density at radius 2 is 2.20 bits per heavy atom. The molecule has 2 unspecified atom stereocenters. The maximum atomic E-state index is 10.9. The van der Waals surface area contributed by atoms with Crippen molar-refractivity contribution in [3.05, 3.63) is 12.7 Å². The summed E-state index contributed by atoms with van der Waals surface area (Å²) in [6, 6.07) is 0. The second-order valence-corrected chi connectivity index (χ2v) is 3.51. The first kappa shape index (κ1) is 14.1. The van der Waals surface area contributed by atoms with E-state index in [1.165, 1.54) is 0 Å². The van der Waals surface area contributed by atoms with Crippen LogP contribution in [0, 0.1) is 11.8 Å². The Morgan fingerprint density at radius 3 is 2.67 bits per heavy atom. The minimum absolute atomic E-state index is 0.0440. The molecule has 0 aromatic rings. The Bertz CT molecular complexity index is 191. The minimum atomic E-state index is -0.818. The topological polar surface area (TPSA) is 55.8 Å². The highest BCUT2D eigenvalue weighted by molar-refractivity contribution is 5.70. The fourth-order valence-electron chi connectivity index (χ4n) is 1.26. The fraction of sp³-hybridized carbons (Fsp3) is 0.727. The normalized spacial score (nSPS) is 14.5. The highest BCUT2D eigenvalue weighted by atomic mass is 16.5. The summed E-state index contributed by atoms with van der Waals surface area (Å²) in [6.45, 7) is 6.64. The van der Waals surface area contributed by atoms with Gasteiger partial charge in [0.15, 0.2) is 0 Å². The van der Waals surface area contributed by atoms with Gasteiger partial charge in [0.25, 0.3) is 0 Å². The van der Waals surface area contributed by atoms with Crippen molar-refractivity contribution in [1.82, 2.24) is 0 Å². The zero-order chi connectivity index (χ0) is 11.7. The van der Waals surface area contributed by atoms with Crippen LogP contribution < -0.4 is 0 Å². The summed E-state index contributed by atoms with van der Waals surface area (Å²) in [7, 11) is 1.58. The standard InChI is InChI=1S/C11H20O4/c1-4-5-9(2)10(11(12)13)8-15-7-6-14-3/h4,9-10H,1,5-8H2,2-3H3,(H,12,13). The summed E-state index contributed by atoms with van der Waals surface area (Å²) in [5.74, 6) is -1.25. The number of methoxy groups -OCH3 is 1. The van der Waals surface area contributed by atoms with Crippen LogP contribution in [0.3, 0.4) is 0 Å². The van der Waals surface area contributed by atoms with Crippen molar-refractivity contribution in [2.45, 2.75) is 13.3 Å². The number of carboxylic acid groups (broad SMARTS) is 1. The highest BCUT2D eigenvalue weighted by Gasteiger charge is 2.23. The lowest BCUT2D eigenvalue weighted by atomic mass is 9.92. The summed E-state index contributed by atoms with van der Waals surface area (Å²) in [5, 5.41) is 8.98. The van der Waals surface area contributed by atoms with Gasteiger partial charge in [-0.1, -0.05) is 13.0 Å². The first-order chi connectivity index (χ1) is 7.13. The molecule has 4 heteroatoms. The summed E-state index contributed by atoms with van der Waals surface area (Å²) in [4.78, 5) is 10.9. The zero-order valence-electron chi connectivity index (χ0n) is 9.44. The lowest BCUT2D eigenvalue weighted by Gasteiger charge is -2.18. The molecule has 0 aliphatic carbocycles. The molecule has 2 atom stereocenters. The van der Waals surface area contributed by atoms with E-state index in [0.717, 1.165) is 0 Å². The van der Waals surface area contributed by atoms with Crippen molar-refractivity contribution in [1.29, 1.82) is 0 Å². The van der Waals surface area contributed by atoms with E-state index in [9.17, 15) is 4.79 Å². The van der Waals surface area contributed by atoms with Crippen molar-refractivity contribution in [3.63, 3.8) is 0 Å². The SMILES string of the molecule is C=CCC(C)C(COCCOC)C(=O)O. The Morgan fingerprint density at radius 1 is 1.53 bits per heavy atom. The van der Waals surface area contributed by atoms with Crippen LogP contribution in [-0.2, 0) is 14.3 Å². The zero-order valence-corrected chi connectivity index (χ0v) is 9.44. The first-order valence-electron chi connectivity index (χ1n) is 5.03. The number of hydrogen-bond donors (Lipinski definition) is 1. The Labute approximate surface area is 90.9 Å². The molecule has 0 aromatic carbocycles. The maximum Gasteiger partial charge on any atom is 0.309 e. The number of rotatable bonds is 9. The number of ether oxygens (including phenoxy) is 2. The Balaban J connectivity index is 3.93. The van der Waals surface area contributed by atoms with Gasteiger partial charge in [0.2, 0.25) is 0 Å². The van der Waals surface area contributed by atoms with Crippen LogP contribution in [0.15, 0.2) is 12.7 Å². The molecule has 0 aromatic heterocycles. The molecule has 0 saturated heterocycles. The number of carboxylic acids is 1. The first-order valence-corrected chi connectivity index (χ1v) is 5.03. The quantitative estimate of drug-likeness (QED) is 0.469. The molecule has 0 fully saturated rings. The summed E-state index contributed by atoms with van der Waals surface area (Å²) >= 11 is 0. The second kappa shape index (κ2) is 8.44. The predicted molar refractivity (Wildman–Crippen MR) is 57.8 cm³/mol. The molecule has 0 aliphatic rings. The van der Waals surface area contributed by atoms with Crippen molar-refractivity contribution in [2.24, 2.45) is 11.8 Å². The number of aliphatic carboxylic acids is 1. The third-order valence-electron chi connectivity index (χ3n) is 2.27. The Hall–Kier alpha value is -0.870. The molecule has 15 heavy (non-hydrogen) atoms. The van der Waals surface area contributed by atoms with Crippen LogP contribution in [0.4, 0.5) is 0 Å². The molecule has 4 nitrogen and oxygen atoms in total. The van der Waals surface area contributed by atoms with Crippen LogP contribution in [-0.4, -0.2) is 38.0 Å². The van der Waals surface area contributed by atoms with Crippen molar-refractivity contribution in [2.75, 3.05) is 26.9 Å². The molecule has 0 radical (unpaired) electrons. The maximum absolute atomic E-state index is 10.9. The fourth-order valence-corrected chi connectivity index (χ4v) is 1.26. The molecule has 0 rings (SSSR count). The van der Waals surface area contributed by atoms with E-state index in [0.29, 0.717) is 19.6 Å². The number of hydrogen-bond acceptors (Lipinski definition) is 3. The van der Waals surface area contributed by atoms with E-state index in [4.69, 9.17) is 14.6 Å². The van der Waals surface area contributed by atoms with E-state index in [2.05, 4.69) is 6.58 Å². The number of carbonyl (C=O) groups is 1. The molecule has 0 amide bonds. The minimum Gasteiger partial charge on any atom is -0.481 e. The van der Waals surface area contributed by atoms with Crippen molar-refractivity contribution in [3.8, 4) is 0 Å². The van der Waals surface area contributed by atoms with Crippen molar-refractivity contribution >= 4 is 5.97 Å². The molecule has 0 heterocycles. The van der Waals surface area contributed by atoms with Gasteiger partial charge < -0.3 is 14.6 Å². The van der Waals surface area contributed by atoms with Gasteiger partial charge in [-0.3, -0.25) is 4.79 Å². The van der Waals surface area contributed by atoms with E-state index in [1.807, 2.05) is 6.92 Å². The van der Waals surface area contributed by atoms with Crippen LogP contribution in [0.1, 0.15) is 13.3 Å². The third kappa shape index (κ3) is 6.25. The molecular formula is C11H20O4. The summed E-state index contributed by atoms with van der Waals surface area (Å²) in [5.41, 5.74) is 0. The predicted octanol–water partition coefficient (Wildman–Crippen LogP) is 1.56. The van der Waals surface area contributed by atoms with E-state index >= 15 is 0 Å². The van der Waals surface area contributed by atoms with Crippen molar-refractivity contribution < 1.29 is 19.4 Å². The Kier molecular flexibility index (Phi) is 7.95. The highest BCUT2D eigenvalue weighted by Crippen LogP contribution is 2.16. The third-order valence-corrected chi connectivity index (χ3v) is 2.27. The van der Waals surface area contributed by atoms with Gasteiger partial charge in [-0.15, -0.1) is 6.58 Å². The van der Waals surface area contributed by atoms with Crippen LogP contribution in [0.25, 0.3) is 0 Å². The lowest BCUT2D eigenvalue weighted by Crippen LogP contribution is -2.27. The monoisotopic (exact) mass is 216 g/mol. The molecular weight excluding hydrogens is 196 g/mol. The van der Waals surface area contributed by atoms with Gasteiger partial charge >= 0.3 is 5.97 Å². The average Bonchev–Trinajstić information content (AvgIpc) is 2.17. The van der Waals surface area contributed by atoms with Gasteiger partial charge in [0.05, 0.1) is 25.7 Å². The lowest BCUT2D eigenvalue weighted by molar-refractivity contribution is -0.146. The largest absolute Gasteiger partial charge is 0.481 e. The van der Waals surface area contributed by atoms with Gasteiger partial charge in [-0.2, -0.15) is 0 Å². The average molecular weight is 216 g/mol. The molecule has 88 valence electrons. The molecule has 0 saturated carbocycles. The van der Waals surface area contributed by atoms with Crippen LogP contribution in [0.5, 0.6) is 0 Å². The molecule has 0 aliphatic heterocycles. The van der Waals surface area contributed by atoms with E-state index in [1.54, 1.807) is 13.2 Å². The summed E-state index contributed by atoms with van der Waals surface area (Å²) in [6.07, 6.45) is 2.42. The van der Waals surface area contributed by atoms with Crippen LogP contribution >= 0.6 is 0 Å². The van der Waals surface area contributed by atoms with E-state index in [-0.39, 0.29) is 12.5 Å². The van der Waals surface area contributed by atoms with Gasteiger partial charge in [0.1, 0.15) is 0 Å². The number of allylic oxidation sites excluding steroid dienone is 1. The van der Waals surface area contributed by atoms with Gasteiger partial charge in [-0.05, 0) is 12.3 Å². The molecule has 0 spiro atoms. The smallest absolute Gasteiger partial charge is 0.309 e. The van der Waals surface area contributed by atoms with Crippen LogP contribution in [0.2, 0.25) is 0 Å². The molecule has 1 N–H and O–H groups in total. The summed E-state index contributed by atoms with van der Waals surface area (Å²) < 4.78 is 10.0. The van der Waals surface area contributed by atoms with Gasteiger partial charge in [0, 0.05) is 7.11 Å². The van der Waals surface area contributed by atoms with E-state index < -0.39 is 11.9 Å².